The van der Waals surface area contributed by atoms with E-state index in [1.165, 1.54) is 47.6 Å². The highest BCUT2D eigenvalue weighted by Crippen LogP contribution is 2.30. The molecular weight excluding hydrogens is 459 g/mol. The fraction of sp³-hybridized carbons (Fsp3) is 0.417. The molecular formula is C24H29FN4O4S. The van der Waals surface area contributed by atoms with Crippen LogP contribution >= 0.6 is 0 Å². The molecule has 0 aromatic heterocycles. The van der Waals surface area contributed by atoms with Gasteiger partial charge in [0.05, 0.1) is 16.3 Å². The first kappa shape index (κ1) is 24.2. The van der Waals surface area contributed by atoms with Crippen LogP contribution in [0.4, 0.5) is 15.8 Å². The number of benzene rings is 2. The summed E-state index contributed by atoms with van der Waals surface area (Å²) in [5.74, 6) is -1.06. The molecule has 2 amide bonds. The molecule has 2 aromatic rings. The first-order chi connectivity index (χ1) is 16.3. The van der Waals surface area contributed by atoms with Crippen LogP contribution < -0.4 is 10.2 Å². The topological polar surface area (TPSA) is 90.0 Å². The van der Waals surface area contributed by atoms with Crippen LogP contribution in [0.15, 0.2) is 47.4 Å². The third-order valence-electron chi connectivity index (χ3n) is 6.32. The van der Waals surface area contributed by atoms with E-state index in [0.29, 0.717) is 18.8 Å². The van der Waals surface area contributed by atoms with E-state index in [-0.39, 0.29) is 29.5 Å². The molecule has 0 unspecified atom stereocenters. The highest BCUT2D eigenvalue weighted by atomic mass is 32.2. The van der Waals surface area contributed by atoms with Gasteiger partial charge < -0.3 is 15.1 Å². The molecule has 4 rings (SSSR count). The van der Waals surface area contributed by atoms with Crippen LogP contribution in [0.5, 0.6) is 0 Å². The van der Waals surface area contributed by atoms with E-state index < -0.39 is 21.7 Å². The molecule has 2 saturated heterocycles. The number of nitrogens with one attached hydrogen (secondary N) is 1. The Hall–Kier alpha value is -2.98. The van der Waals surface area contributed by atoms with Crippen LogP contribution in [0.2, 0.25) is 0 Å². The molecule has 34 heavy (non-hydrogen) atoms. The number of piperidine rings is 1. The van der Waals surface area contributed by atoms with Gasteiger partial charge in [0, 0.05) is 51.8 Å². The number of amides is 2. The molecule has 0 radical (unpaired) electrons. The number of carbonyl (C=O) groups is 2. The Morgan fingerprint density at radius 1 is 0.912 bits per heavy atom. The second-order valence-corrected chi connectivity index (χ2v) is 10.5. The van der Waals surface area contributed by atoms with Gasteiger partial charge in [0.1, 0.15) is 5.82 Å². The molecule has 2 aliphatic heterocycles. The number of rotatable bonds is 5. The molecule has 0 aliphatic carbocycles. The van der Waals surface area contributed by atoms with Crippen molar-refractivity contribution >= 4 is 33.2 Å². The lowest BCUT2D eigenvalue weighted by molar-refractivity contribution is -0.129. The van der Waals surface area contributed by atoms with Crippen molar-refractivity contribution in [1.29, 1.82) is 0 Å². The van der Waals surface area contributed by atoms with Crippen molar-refractivity contribution in [3.05, 3.63) is 53.8 Å². The van der Waals surface area contributed by atoms with E-state index in [0.717, 1.165) is 38.0 Å². The van der Waals surface area contributed by atoms with E-state index in [1.807, 2.05) is 0 Å². The summed E-state index contributed by atoms with van der Waals surface area (Å²) in [7, 11) is -3.82. The number of hydrogen-bond acceptors (Lipinski definition) is 5. The van der Waals surface area contributed by atoms with Gasteiger partial charge in [0.2, 0.25) is 15.9 Å². The molecule has 0 bridgehead atoms. The van der Waals surface area contributed by atoms with E-state index >= 15 is 0 Å². The Balaban J connectivity index is 1.53. The highest BCUT2D eigenvalue weighted by Gasteiger charge is 2.29. The summed E-state index contributed by atoms with van der Waals surface area (Å²) >= 11 is 0. The van der Waals surface area contributed by atoms with Crippen molar-refractivity contribution in [1.82, 2.24) is 9.21 Å². The monoisotopic (exact) mass is 488 g/mol. The van der Waals surface area contributed by atoms with Crippen molar-refractivity contribution in [2.75, 3.05) is 49.5 Å². The Morgan fingerprint density at radius 2 is 1.62 bits per heavy atom. The van der Waals surface area contributed by atoms with E-state index in [2.05, 4.69) is 10.2 Å². The molecule has 2 aromatic carbocycles. The van der Waals surface area contributed by atoms with Gasteiger partial charge in [0.15, 0.2) is 0 Å². The van der Waals surface area contributed by atoms with Gasteiger partial charge in [-0.3, -0.25) is 9.59 Å². The third kappa shape index (κ3) is 5.23. The summed E-state index contributed by atoms with van der Waals surface area (Å²) in [6, 6.07) is 10.2. The number of sulfonamides is 1. The number of halogens is 1. The van der Waals surface area contributed by atoms with Gasteiger partial charge in [-0.25, -0.2) is 12.8 Å². The van der Waals surface area contributed by atoms with E-state index in [9.17, 15) is 22.4 Å². The number of piperazine rings is 1. The van der Waals surface area contributed by atoms with E-state index in [1.54, 1.807) is 11.0 Å². The van der Waals surface area contributed by atoms with Gasteiger partial charge in [-0.2, -0.15) is 4.31 Å². The molecule has 0 saturated carbocycles. The van der Waals surface area contributed by atoms with Crippen molar-refractivity contribution in [2.24, 2.45) is 0 Å². The Labute approximate surface area is 199 Å². The zero-order valence-electron chi connectivity index (χ0n) is 19.2. The van der Waals surface area contributed by atoms with E-state index in [4.69, 9.17) is 0 Å². The molecule has 2 heterocycles. The molecule has 2 fully saturated rings. The minimum absolute atomic E-state index is 0.00641. The molecule has 182 valence electrons. The van der Waals surface area contributed by atoms with Gasteiger partial charge >= 0.3 is 0 Å². The van der Waals surface area contributed by atoms with Crippen molar-refractivity contribution < 1.29 is 22.4 Å². The number of hydrogen-bond donors (Lipinski definition) is 1. The summed E-state index contributed by atoms with van der Waals surface area (Å²) in [6.45, 7) is 4.17. The lowest BCUT2D eigenvalue weighted by atomic mass is 10.1. The number of nitrogens with zero attached hydrogens (tertiary/aromatic N) is 3. The Kier molecular flexibility index (Phi) is 7.18. The second-order valence-electron chi connectivity index (χ2n) is 8.60. The quantitative estimate of drug-likeness (QED) is 0.699. The SMILES string of the molecule is CC(=O)N1CCN(S(=O)(=O)c2cccc(C(=O)Nc3cc(F)ccc3N3CCCCC3)c2)CC1. The highest BCUT2D eigenvalue weighted by molar-refractivity contribution is 7.89. The molecule has 2 aliphatic rings. The summed E-state index contributed by atoms with van der Waals surface area (Å²) in [5, 5.41) is 2.77. The van der Waals surface area contributed by atoms with Crippen LogP contribution in [0, 0.1) is 5.82 Å². The van der Waals surface area contributed by atoms with Crippen LogP contribution in [-0.2, 0) is 14.8 Å². The minimum atomic E-state index is -3.82. The first-order valence-corrected chi connectivity index (χ1v) is 12.9. The fourth-order valence-corrected chi connectivity index (χ4v) is 5.87. The zero-order chi connectivity index (χ0) is 24.3. The average molecular weight is 489 g/mol. The molecule has 10 heteroatoms. The van der Waals surface area contributed by atoms with Crippen molar-refractivity contribution in [2.45, 2.75) is 31.1 Å². The maximum Gasteiger partial charge on any atom is 0.255 e. The number of carbonyl (C=O) groups excluding carboxylic acids is 2. The Morgan fingerprint density at radius 3 is 2.29 bits per heavy atom. The van der Waals surface area contributed by atoms with Crippen LogP contribution in [0.3, 0.4) is 0 Å². The normalized spacial score (nSPS) is 17.5. The van der Waals surface area contributed by atoms with Gasteiger partial charge in [-0.15, -0.1) is 0 Å². The third-order valence-corrected chi connectivity index (χ3v) is 8.22. The van der Waals surface area contributed by atoms with Gasteiger partial charge in [-0.1, -0.05) is 6.07 Å². The molecule has 0 spiro atoms. The fourth-order valence-electron chi connectivity index (χ4n) is 4.40. The lowest BCUT2D eigenvalue weighted by Gasteiger charge is -2.33. The van der Waals surface area contributed by atoms with Crippen LogP contribution in [0.25, 0.3) is 0 Å². The Bertz CT molecular complexity index is 1170. The van der Waals surface area contributed by atoms with Gasteiger partial charge in [-0.05, 0) is 55.7 Å². The molecule has 1 N–H and O–H groups in total. The van der Waals surface area contributed by atoms with Crippen LogP contribution in [0.1, 0.15) is 36.5 Å². The zero-order valence-corrected chi connectivity index (χ0v) is 20.0. The second kappa shape index (κ2) is 10.1. The number of anilines is 2. The predicted octanol–water partition coefficient (Wildman–Crippen LogP) is 2.92. The van der Waals surface area contributed by atoms with Crippen molar-refractivity contribution in [3.63, 3.8) is 0 Å². The average Bonchev–Trinajstić information content (AvgIpc) is 2.85. The van der Waals surface area contributed by atoms with Crippen molar-refractivity contribution in [3.8, 4) is 0 Å². The molecule has 0 atom stereocenters. The maximum absolute atomic E-state index is 14.0. The summed E-state index contributed by atoms with van der Waals surface area (Å²) in [6.07, 6.45) is 3.21. The summed E-state index contributed by atoms with van der Waals surface area (Å²) in [5.41, 5.74) is 1.28. The largest absolute Gasteiger partial charge is 0.370 e. The smallest absolute Gasteiger partial charge is 0.255 e. The standard InChI is InChI=1S/C24H29FN4O4S/c1-18(30)27-12-14-29(15-13-27)34(32,33)21-7-5-6-19(16-21)24(31)26-22-17-20(25)8-9-23(22)28-10-3-2-4-11-28/h5-9,16-17H,2-4,10-15H2,1H3,(H,26,31). The summed E-state index contributed by atoms with van der Waals surface area (Å²) < 4.78 is 41.6. The first-order valence-electron chi connectivity index (χ1n) is 11.5. The maximum atomic E-state index is 14.0. The minimum Gasteiger partial charge on any atom is -0.370 e. The summed E-state index contributed by atoms with van der Waals surface area (Å²) in [4.78, 5) is 28.3. The predicted molar refractivity (Wildman–Crippen MR) is 128 cm³/mol. The molecule has 8 nitrogen and oxygen atoms in total. The van der Waals surface area contributed by atoms with Gasteiger partial charge in [0.25, 0.3) is 5.91 Å². The lowest BCUT2D eigenvalue weighted by Crippen LogP contribution is -2.49. The van der Waals surface area contributed by atoms with Crippen LogP contribution in [-0.4, -0.2) is 68.7 Å².